The molecule has 1 heterocycles. The highest BCUT2D eigenvalue weighted by Gasteiger charge is 2.19. The lowest BCUT2D eigenvalue weighted by molar-refractivity contribution is 0.0653. The standard InChI is InChI=1S/C9H11NO4/c1-5(2)10-3-6(8(11)12)7(4-10)9(13)14/h3-5H,1-2H3,(H,11,12)(H,13,14). The highest BCUT2D eigenvalue weighted by Crippen LogP contribution is 2.15. The van der Waals surface area contributed by atoms with Crippen molar-refractivity contribution in [3.8, 4) is 0 Å². The van der Waals surface area contributed by atoms with Gasteiger partial charge in [0.15, 0.2) is 0 Å². The van der Waals surface area contributed by atoms with Crippen LogP contribution in [0.15, 0.2) is 12.4 Å². The summed E-state index contributed by atoms with van der Waals surface area (Å²) < 4.78 is 1.56. The summed E-state index contributed by atoms with van der Waals surface area (Å²) in [5, 5.41) is 17.5. The third kappa shape index (κ3) is 1.76. The first-order chi connectivity index (χ1) is 6.43. The van der Waals surface area contributed by atoms with Gasteiger partial charge >= 0.3 is 11.9 Å². The number of carbonyl (C=O) groups is 2. The first-order valence-electron chi connectivity index (χ1n) is 4.11. The minimum Gasteiger partial charge on any atom is -0.478 e. The van der Waals surface area contributed by atoms with Crippen LogP contribution in [-0.4, -0.2) is 26.7 Å². The summed E-state index contributed by atoms with van der Waals surface area (Å²) in [7, 11) is 0. The molecule has 0 saturated heterocycles. The lowest BCUT2D eigenvalue weighted by Gasteiger charge is -2.04. The Hall–Kier alpha value is -1.78. The minimum atomic E-state index is -1.22. The van der Waals surface area contributed by atoms with Gasteiger partial charge in [0.1, 0.15) is 0 Å². The smallest absolute Gasteiger partial charge is 0.338 e. The molecule has 0 fully saturated rings. The van der Waals surface area contributed by atoms with Gasteiger partial charge in [0.25, 0.3) is 0 Å². The maximum Gasteiger partial charge on any atom is 0.338 e. The predicted octanol–water partition coefficient (Wildman–Crippen LogP) is 1.47. The minimum absolute atomic E-state index is 0.0428. The van der Waals surface area contributed by atoms with Crippen LogP contribution in [0, 0.1) is 0 Å². The Morgan fingerprint density at radius 1 is 1.14 bits per heavy atom. The van der Waals surface area contributed by atoms with E-state index in [0.717, 1.165) is 0 Å². The molecule has 1 rings (SSSR count). The highest BCUT2D eigenvalue weighted by atomic mass is 16.4. The molecule has 0 bridgehead atoms. The molecule has 0 saturated carbocycles. The zero-order chi connectivity index (χ0) is 10.9. The Labute approximate surface area is 80.6 Å². The summed E-state index contributed by atoms with van der Waals surface area (Å²) in [4.78, 5) is 21.4. The third-order valence-corrected chi connectivity index (χ3v) is 1.90. The van der Waals surface area contributed by atoms with Crippen LogP contribution in [0.25, 0.3) is 0 Å². The van der Waals surface area contributed by atoms with E-state index in [-0.39, 0.29) is 17.2 Å². The maximum absolute atomic E-state index is 10.7. The summed E-state index contributed by atoms with van der Waals surface area (Å²) >= 11 is 0. The second-order valence-corrected chi connectivity index (χ2v) is 3.24. The van der Waals surface area contributed by atoms with Gasteiger partial charge in [0.2, 0.25) is 0 Å². The van der Waals surface area contributed by atoms with Crippen LogP contribution >= 0.6 is 0 Å². The highest BCUT2D eigenvalue weighted by molar-refractivity contribution is 6.01. The van der Waals surface area contributed by atoms with E-state index >= 15 is 0 Å². The van der Waals surface area contributed by atoms with Crippen LogP contribution in [-0.2, 0) is 0 Å². The van der Waals surface area contributed by atoms with E-state index in [1.54, 1.807) is 4.57 Å². The molecule has 0 unspecified atom stereocenters. The molecular formula is C9H11NO4. The monoisotopic (exact) mass is 197 g/mol. The molecule has 0 aliphatic rings. The van der Waals surface area contributed by atoms with E-state index in [2.05, 4.69) is 0 Å². The van der Waals surface area contributed by atoms with E-state index in [0.29, 0.717) is 0 Å². The van der Waals surface area contributed by atoms with Crippen molar-refractivity contribution < 1.29 is 19.8 Å². The van der Waals surface area contributed by atoms with E-state index in [4.69, 9.17) is 10.2 Å². The van der Waals surface area contributed by atoms with Crippen molar-refractivity contribution in [2.24, 2.45) is 0 Å². The van der Waals surface area contributed by atoms with Crippen molar-refractivity contribution in [3.05, 3.63) is 23.5 Å². The van der Waals surface area contributed by atoms with Crippen LogP contribution in [0.2, 0.25) is 0 Å². The average molecular weight is 197 g/mol. The Balaban J connectivity index is 3.26. The first kappa shape index (κ1) is 10.3. The topological polar surface area (TPSA) is 79.5 Å². The molecule has 0 amide bonds. The fourth-order valence-electron chi connectivity index (χ4n) is 1.11. The molecular weight excluding hydrogens is 186 g/mol. The first-order valence-corrected chi connectivity index (χ1v) is 4.11. The molecule has 0 spiro atoms. The van der Waals surface area contributed by atoms with Gasteiger partial charge in [-0.2, -0.15) is 0 Å². The van der Waals surface area contributed by atoms with Gasteiger partial charge in [-0.1, -0.05) is 0 Å². The lowest BCUT2D eigenvalue weighted by atomic mass is 10.2. The fourth-order valence-corrected chi connectivity index (χ4v) is 1.11. The van der Waals surface area contributed by atoms with Crippen molar-refractivity contribution in [2.45, 2.75) is 19.9 Å². The zero-order valence-electron chi connectivity index (χ0n) is 7.89. The van der Waals surface area contributed by atoms with E-state index in [1.807, 2.05) is 13.8 Å². The quantitative estimate of drug-likeness (QED) is 0.768. The second kappa shape index (κ2) is 3.53. The summed E-state index contributed by atoms with van der Waals surface area (Å²) in [6.07, 6.45) is 2.66. The summed E-state index contributed by atoms with van der Waals surface area (Å²) in [5.41, 5.74) is -0.350. The molecule has 0 aliphatic heterocycles. The van der Waals surface area contributed by atoms with Crippen molar-refractivity contribution in [3.63, 3.8) is 0 Å². The van der Waals surface area contributed by atoms with Gasteiger partial charge < -0.3 is 14.8 Å². The molecule has 0 radical (unpaired) electrons. The number of carboxylic acids is 2. The van der Waals surface area contributed by atoms with E-state index in [1.165, 1.54) is 12.4 Å². The molecule has 0 aliphatic carbocycles. The fraction of sp³-hybridized carbons (Fsp3) is 0.333. The number of rotatable bonds is 3. The van der Waals surface area contributed by atoms with Crippen molar-refractivity contribution in [1.29, 1.82) is 0 Å². The molecule has 5 nitrogen and oxygen atoms in total. The third-order valence-electron chi connectivity index (χ3n) is 1.90. The van der Waals surface area contributed by atoms with E-state index < -0.39 is 11.9 Å². The van der Waals surface area contributed by atoms with Crippen LogP contribution in [0.4, 0.5) is 0 Å². The molecule has 0 aromatic carbocycles. The van der Waals surface area contributed by atoms with Crippen molar-refractivity contribution >= 4 is 11.9 Å². The van der Waals surface area contributed by atoms with E-state index in [9.17, 15) is 9.59 Å². The zero-order valence-corrected chi connectivity index (χ0v) is 7.89. The number of nitrogens with zero attached hydrogens (tertiary/aromatic N) is 1. The van der Waals surface area contributed by atoms with Crippen LogP contribution in [0.1, 0.15) is 40.6 Å². The SMILES string of the molecule is CC(C)n1cc(C(=O)O)c(C(=O)O)c1. The van der Waals surface area contributed by atoms with Gasteiger partial charge in [0.05, 0.1) is 11.1 Å². The lowest BCUT2D eigenvalue weighted by Crippen LogP contribution is -2.03. The van der Waals surface area contributed by atoms with Gasteiger partial charge in [-0.25, -0.2) is 9.59 Å². The Kier molecular flexibility index (Phi) is 2.60. The average Bonchev–Trinajstić information content (AvgIpc) is 2.47. The second-order valence-electron chi connectivity index (χ2n) is 3.24. The van der Waals surface area contributed by atoms with Gasteiger partial charge in [-0.15, -0.1) is 0 Å². The van der Waals surface area contributed by atoms with Crippen molar-refractivity contribution in [1.82, 2.24) is 4.57 Å². The number of aromatic nitrogens is 1. The number of hydrogen-bond donors (Lipinski definition) is 2. The maximum atomic E-state index is 10.7. The van der Waals surface area contributed by atoms with Crippen LogP contribution < -0.4 is 0 Å². The predicted molar refractivity (Wildman–Crippen MR) is 48.7 cm³/mol. The molecule has 76 valence electrons. The van der Waals surface area contributed by atoms with Gasteiger partial charge in [-0.05, 0) is 13.8 Å². The van der Waals surface area contributed by atoms with Gasteiger partial charge in [0, 0.05) is 18.4 Å². The Bertz CT molecular complexity index is 347. The number of aromatic carboxylic acids is 2. The molecule has 1 aromatic heterocycles. The molecule has 1 aromatic rings. The van der Waals surface area contributed by atoms with Crippen LogP contribution in [0.3, 0.4) is 0 Å². The molecule has 14 heavy (non-hydrogen) atoms. The normalized spacial score (nSPS) is 10.5. The van der Waals surface area contributed by atoms with Gasteiger partial charge in [-0.3, -0.25) is 0 Å². The Morgan fingerprint density at radius 3 is 1.71 bits per heavy atom. The molecule has 2 N–H and O–H groups in total. The largest absolute Gasteiger partial charge is 0.478 e. The summed E-state index contributed by atoms with van der Waals surface area (Å²) in [6, 6.07) is 0.0428. The molecule has 5 heteroatoms. The summed E-state index contributed by atoms with van der Waals surface area (Å²) in [6.45, 7) is 3.69. The van der Waals surface area contributed by atoms with Crippen LogP contribution in [0.5, 0.6) is 0 Å². The summed E-state index contributed by atoms with van der Waals surface area (Å²) in [5.74, 6) is -2.44. The Morgan fingerprint density at radius 2 is 1.50 bits per heavy atom. The molecule has 0 atom stereocenters. The van der Waals surface area contributed by atoms with Crippen molar-refractivity contribution in [2.75, 3.05) is 0 Å². The number of carboxylic acid groups (broad SMARTS) is 2. The number of hydrogen-bond acceptors (Lipinski definition) is 2.